The number of rotatable bonds is 4. The molecule has 0 aromatic heterocycles. The van der Waals surface area contributed by atoms with Crippen LogP contribution in [0.4, 0.5) is 0 Å². The van der Waals surface area contributed by atoms with Gasteiger partial charge in [-0.2, -0.15) is 0 Å². The molecule has 0 rings (SSSR count). The minimum absolute atomic E-state index is 0.0250. The zero-order chi connectivity index (χ0) is 7.98. The summed E-state index contributed by atoms with van der Waals surface area (Å²) in [4.78, 5) is 15.1. The highest BCUT2D eigenvalue weighted by atomic mass is 16.6. The second-order valence-electron chi connectivity index (χ2n) is 2.32. The van der Waals surface area contributed by atoms with Crippen molar-refractivity contribution in [1.29, 1.82) is 0 Å². The number of hydrogen-bond donors (Lipinski definition) is 2. The van der Waals surface area contributed by atoms with Crippen molar-refractivity contribution < 1.29 is 9.63 Å². The third-order valence-corrected chi connectivity index (χ3v) is 1.04. The fourth-order valence-electron chi connectivity index (χ4n) is 0.437. The Labute approximate surface area is 60.7 Å². The molecule has 1 amide bonds. The van der Waals surface area contributed by atoms with Gasteiger partial charge in [0.2, 0.25) is 5.91 Å². The molecule has 0 unspecified atom stereocenters. The average molecular weight is 146 g/mol. The van der Waals surface area contributed by atoms with Crippen LogP contribution in [-0.4, -0.2) is 19.1 Å². The Morgan fingerprint density at radius 3 is 2.70 bits per heavy atom. The molecular formula is C6H14N2O2. The van der Waals surface area contributed by atoms with E-state index in [0.29, 0.717) is 13.2 Å². The first kappa shape index (κ1) is 9.39. The van der Waals surface area contributed by atoms with Crippen LogP contribution in [0.5, 0.6) is 0 Å². The topological polar surface area (TPSA) is 64.3 Å². The molecule has 0 saturated heterocycles. The van der Waals surface area contributed by atoms with Crippen molar-refractivity contribution in [2.24, 2.45) is 11.8 Å². The SMILES string of the molecule is CC(C)C(=O)NCCON. The number of nitrogens with two attached hydrogens (primary N) is 1. The molecule has 0 fully saturated rings. The Kier molecular flexibility index (Phi) is 4.88. The third kappa shape index (κ3) is 4.29. The van der Waals surface area contributed by atoms with Crippen molar-refractivity contribution in [3.05, 3.63) is 0 Å². The second kappa shape index (κ2) is 5.20. The molecule has 0 aromatic carbocycles. The molecule has 4 heteroatoms. The Balaban J connectivity index is 3.22. The minimum Gasteiger partial charge on any atom is -0.353 e. The molecule has 10 heavy (non-hydrogen) atoms. The van der Waals surface area contributed by atoms with Gasteiger partial charge in [0, 0.05) is 12.5 Å². The van der Waals surface area contributed by atoms with E-state index in [9.17, 15) is 4.79 Å². The number of carbonyl (C=O) groups excluding carboxylic acids is 1. The summed E-state index contributed by atoms with van der Waals surface area (Å²) in [7, 11) is 0. The van der Waals surface area contributed by atoms with E-state index in [2.05, 4.69) is 10.2 Å². The summed E-state index contributed by atoms with van der Waals surface area (Å²) < 4.78 is 0. The predicted molar refractivity (Wildman–Crippen MR) is 38.0 cm³/mol. The van der Waals surface area contributed by atoms with Gasteiger partial charge in [-0.1, -0.05) is 13.8 Å². The third-order valence-electron chi connectivity index (χ3n) is 1.04. The first-order valence-corrected chi connectivity index (χ1v) is 3.28. The molecule has 0 aliphatic rings. The van der Waals surface area contributed by atoms with E-state index in [4.69, 9.17) is 5.90 Å². The predicted octanol–water partition coefficient (Wildman–Crippen LogP) is -0.351. The summed E-state index contributed by atoms with van der Waals surface area (Å²) in [6.07, 6.45) is 0. The van der Waals surface area contributed by atoms with Crippen LogP contribution in [0.15, 0.2) is 0 Å². The van der Waals surface area contributed by atoms with Crippen molar-refractivity contribution in [1.82, 2.24) is 5.32 Å². The van der Waals surface area contributed by atoms with Crippen LogP contribution in [0.1, 0.15) is 13.8 Å². The number of amides is 1. The quantitative estimate of drug-likeness (QED) is 0.421. The zero-order valence-corrected chi connectivity index (χ0v) is 6.39. The number of hydrogen-bond acceptors (Lipinski definition) is 3. The van der Waals surface area contributed by atoms with E-state index >= 15 is 0 Å². The molecule has 0 aliphatic heterocycles. The van der Waals surface area contributed by atoms with Crippen LogP contribution < -0.4 is 11.2 Å². The van der Waals surface area contributed by atoms with Crippen LogP contribution in [0.3, 0.4) is 0 Å². The van der Waals surface area contributed by atoms with Gasteiger partial charge in [-0.3, -0.25) is 4.79 Å². The Hall–Kier alpha value is -0.610. The van der Waals surface area contributed by atoms with Gasteiger partial charge in [0.05, 0.1) is 6.61 Å². The smallest absolute Gasteiger partial charge is 0.222 e. The minimum atomic E-state index is 0.0250. The summed E-state index contributed by atoms with van der Waals surface area (Å²) >= 11 is 0. The van der Waals surface area contributed by atoms with Crippen LogP contribution in [-0.2, 0) is 9.63 Å². The Morgan fingerprint density at radius 1 is 1.70 bits per heavy atom. The van der Waals surface area contributed by atoms with Crippen molar-refractivity contribution >= 4 is 5.91 Å². The van der Waals surface area contributed by atoms with Crippen molar-refractivity contribution in [3.8, 4) is 0 Å². The molecule has 0 heterocycles. The van der Waals surface area contributed by atoms with Crippen LogP contribution in [0.25, 0.3) is 0 Å². The first-order valence-electron chi connectivity index (χ1n) is 3.28. The lowest BCUT2D eigenvalue weighted by Gasteiger charge is -2.05. The zero-order valence-electron chi connectivity index (χ0n) is 6.39. The Bertz CT molecular complexity index is 104. The van der Waals surface area contributed by atoms with Gasteiger partial charge in [-0.15, -0.1) is 0 Å². The summed E-state index contributed by atoms with van der Waals surface area (Å²) in [6.45, 7) is 4.50. The molecule has 0 spiro atoms. The molecule has 3 N–H and O–H groups in total. The van der Waals surface area contributed by atoms with E-state index in [1.54, 1.807) is 0 Å². The van der Waals surface area contributed by atoms with E-state index in [-0.39, 0.29) is 11.8 Å². The lowest BCUT2D eigenvalue weighted by Crippen LogP contribution is -2.31. The maximum atomic E-state index is 10.8. The van der Waals surface area contributed by atoms with E-state index in [0.717, 1.165) is 0 Å². The second-order valence-corrected chi connectivity index (χ2v) is 2.32. The summed E-state index contributed by atoms with van der Waals surface area (Å²) in [5.41, 5.74) is 0. The van der Waals surface area contributed by atoms with Crippen molar-refractivity contribution in [2.75, 3.05) is 13.2 Å². The van der Waals surface area contributed by atoms with Gasteiger partial charge in [0.25, 0.3) is 0 Å². The van der Waals surface area contributed by atoms with Gasteiger partial charge in [0.15, 0.2) is 0 Å². The number of carbonyl (C=O) groups is 1. The molecule has 0 atom stereocenters. The standard InChI is InChI=1S/C6H14N2O2/c1-5(2)6(9)8-3-4-10-7/h5H,3-4,7H2,1-2H3,(H,8,9). The highest BCUT2D eigenvalue weighted by Gasteiger charge is 2.03. The normalized spacial score (nSPS) is 10.0. The molecule has 4 nitrogen and oxygen atoms in total. The van der Waals surface area contributed by atoms with Crippen molar-refractivity contribution in [3.63, 3.8) is 0 Å². The molecule has 0 radical (unpaired) electrons. The monoisotopic (exact) mass is 146 g/mol. The summed E-state index contributed by atoms with van der Waals surface area (Å²) in [5.74, 6) is 4.79. The van der Waals surface area contributed by atoms with E-state index < -0.39 is 0 Å². The summed E-state index contributed by atoms with van der Waals surface area (Å²) in [6, 6.07) is 0. The van der Waals surface area contributed by atoms with Gasteiger partial charge >= 0.3 is 0 Å². The largest absolute Gasteiger partial charge is 0.353 e. The Morgan fingerprint density at radius 2 is 2.30 bits per heavy atom. The highest BCUT2D eigenvalue weighted by Crippen LogP contribution is 1.88. The fraction of sp³-hybridized carbons (Fsp3) is 0.833. The molecule has 60 valence electrons. The van der Waals surface area contributed by atoms with Crippen LogP contribution in [0.2, 0.25) is 0 Å². The number of nitrogens with one attached hydrogen (secondary N) is 1. The van der Waals surface area contributed by atoms with Gasteiger partial charge in [-0.25, -0.2) is 5.90 Å². The molecule has 0 aromatic rings. The van der Waals surface area contributed by atoms with Crippen LogP contribution in [0, 0.1) is 5.92 Å². The lowest BCUT2D eigenvalue weighted by molar-refractivity contribution is -0.124. The van der Waals surface area contributed by atoms with Crippen LogP contribution >= 0.6 is 0 Å². The first-order chi connectivity index (χ1) is 4.68. The van der Waals surface area contributed by atoms with Crippen molar-refractivity contribution in [2.45, 2.75) is 13.8 Å². The molecule has 0 bridgehead atoms. The highest BCUT2D eigenvalue weighted by molar-refractivity contribution is 5.77. The van der Waals surface area contributed by atoms with Gasteiger partial charge in [-0.05, 0) is 0 Å². The van der Waals surface area contributed by atoms with Gasteiger partial charge in [0.1, 0.15) is 0 Å². The van der Waals surface area contributed by atoms with E-state index in [1.165, 1.54) is 0 Å². The molecular weight excluding hydrogens is 132 g/mol. The maximum absolute atomic E-state index is 10.8. The van der Waals surface area contributed by atoms with Gasteiger partial charge < -0.3 is 10.2 Å². The molecule has 0 saturated carbocycles. The lowest BCUT2D eigenvalue weighted by atomic mass is 10.2. The maximum Gasteiger partial charge on any atom is 0.222 e. The van der Waals surface area contributed by atoms with E-state index in [1.807, 2.05) is 13.8 Å². The average Bonchev–Trinajstić information content (AvgIpc) is 1.88. The fourth-order valence-corrected chi connectivity index (χ4v) is 0.437. The molecule has 0 aliphatic carbocycles. The summed E-state index contributed by atoms with van der Waals surface area (Å²) in [5, 5.41) is 2.64.